The molecule has 0 radical (unpaired) electrons. The number of rotatable bonds is 7. The van der Waals surface area contributed by atoms with Crippen molar-refractivity contribution in [3.05, 3.63) is 46.6 Å². The van der Waals surface area contributed by atoms with Crippen LogP contribution in [0.4, 0.5) is 0 Å². The monoisotopic (exact) mass is 400 g/mol. The number of hydrogen-bond acceptors (Lipinski definition) is 5. The van der Waals surface area contributed by atoms with Gasteiger partial charge in [0.1, 0.15) is 11.5 Å². The molecule has 0 aliphatic carbocycles. The Labute approximate surface area is 169 Å². The number of nitrogens with zero attached hydrogens (tertiary/aromatic N) is 3. The summed E-state index contributed by atoms with van der Waals surface area (Å²) < 4.78 is 7.71. The lowest BCUT2D eigenvalue weighted by molar-refractivity contribution is -0.121. The molecule has 7 heteroatoms. The summed E-state index contributed by atoms with van der Waals surface area (Å²) >= 11 is 1.68. The van der Waals surface area contributed by atoms with Crippen LogP contribution >= 0.6 is 11.3 Å². The average molecular weight is 401 g/mol. The zero-order valence-corrected chi connectivity index (χ0v) is 17.4. The minimum atomic E-state index is 0.109. The van der Waals surface area contributed by atoms with Gasteiger partial charge >= 0.3 is 0 Å². The number of carbonyl (C=O) groups excluding carboxylic acids is 1. The molecule has 1 aliphatic rings. The van der Waals surface area contributed by atoms with E-state index in [4.69, 9.17) is 4.42 Å². The van der Waals surface area contributed by atoms with E-state index in [9.17, 15) is 4.79 Å². The van der Waals surface area contributed by atoms with E-state index in [1.165, 1.54) is 18.5 Å². The number of aromatic nitrogens is 2. The van der Waals surface area contributed by atoms with E-state index >= 15 is 0 Å². The van der Waals surface area contributed by atoms with Gasteiger partial charge in [-0.2, -0.15) is 0 Å². The van der Waals surface area contributed by atoms with Crippen molar-refractivity contribution >= 4 is 22.2 Å². The molecule has 3 aromatic rings. The van der Waals surface area contributed by atoms with E-state index in [2.05, 4.69) is 38.1 Å². The molecule has 1 fully saturated rings. The normalized spacial score (nSPS) is 18.0. The van der Waals surface area contributed by atoms with Crippen LogP contribution in [0.2, 0.25) is 0 Å². The minimum Gasteiger partial charge on any atom is -0.465 e. The first-order chi connectivity index (χ1) is 13.6. The number of imidazole rings is 1. The van der Waals surface area contributed by atoms with Crippen LogP contribution in [-0.2, 0) is 17.9 Å². The molecule has 4 heterocycles. The Kier molecular flexibility index (Phi) is 5.82. The smallest absolute Gasteiger partial charge is 0.220 e. The summed E-state index contributed by atoms with van der Waals surface area (Å²) in [5.74, 6) is 2.37. The molecule has 0 saturated carbocycles. The van der Waals surface area contributed by atoms with E-state index < -0.39 is 0 Å². The van der Waals surface area contributed by atoms with Crippen LogP contribution in [0.15, 0.2) is 28.1 Å². The zero-order valence-electron chi connectivity index (χ0n) is 16.6. The zero-order chi connectivity index (χ0) is 19.5. The van der Waals surface area contributed by atoms with E-state index in [-0.39, 0.29) is 5.91 Å². The van der Waals surface area contributed by atoms with Crippen LogP contribution < -0.4 is 5.32 Å². The summed E-state index contributed by atoms with van der Waals surface area (Å²) in [5, 5.41) is 5.06. The maximum Gasteiger partial charge on any atom is 0.220 e. The average Bonchev–Trinajstić information content (AvgIpc) is 3.37. The number of furan rings is 1. The van der Waals surface area contributed by atoms with Crippen LogP contribution in [0, 0.1) is 19.8 Å². The number of hydrogen-bond donors (Lipinski definition) is 1. The lowest BCUT2D eigenvalue weighted by Crippen LogP contribution is -2.36. The maximum atomic E-state index is 12.2. The third-order valence-corrected chi connectivity index (χ3v) is 6.33. The predicted molar refractivity (Wildman–Crippen MR) is 110 cm³/mol. The summed E-state index contributed by atoms with van der Waals surface area (Å²) in [4.78, 5) is 20.4. The Morgan fingerprint density at radius 3 is 3.11 bits per heavy atom. The predicted octanol–water partition coefficient (Wildman–Crippen LogP) is 3.91. The quantitative estimate of drug-likeness (QED) is 0.653. The lowest BCUT2D eigenvalue weighted by atomic mass is 9.93. The Morgan fingerprint density at radius 2 is 2.29 bits per heavy atom. The molecule has 28 heavy (non-hydrogen) atoms. The first-order valence-electron chi connectivity index (χ1n) is 10.0. The number of carbonyl (C=O) groups is 1. The van der Waals surface area contributed by atoms with Gasteiger partial charge in [0.05, 0.1) is 17.9 Å². The second kappa shape index (κ2) is 8.49. The molecular weight excluding hydrogens is 372 g/mol. The topological polar surface area (TPSA) is 62.8 Å². The van der Waals surface area contributed by atoms with Gasteiger partial charge in [0.2, 0.25) is 5.91 Å². The summed E-state index contributed by atoms with van der Waals surface area (Å²) in [6.07, 6.45) is 6.04. The summed E-state index contributed by atoms with van der Waals surface area (Å²) in [6.45, 7) is 7.60. The minimum absolute atomic E-state index is 0.109. The van der Waals surface area contributed by atoms with Gasteiger partial charge in [-0.3, -0.25) is 14.1 Å². The molecule has 1 N–H and O–H groups in total. The fourth-order valence-electron chi connectivity index (χ4n) is 4.06. The van der Waals surface area contributed by atoms with Gasteiger partial charge in [0.15, 0.2) is 4.96 Å². The van der Waals surface area contributed by atoms with Gasteiger partial charge in [-0.25, -0.2) is 4.98 Å². The molecule has 0 bridgehead atoms. The Hall–Kier alpha value is -2.12. The molecular formula is C21H28N4O2S. The molecule has 3 aromatic heterocycles. The van der Waals surface area contributed by atoms with Gasteiger partial charge in [-0.1, -0.05) is 0 Å². The van der Waals surface area contributed by atoms with Crippen molar-refractivity contribution in [1.82, 2.24) is 19.6 Å². The molecule has 150 valence electrons. The third-order valence-electron chi connectivity index (χ3n) is 5.57. The van der Waals surface area contributed by atoms with Gasteiger partial charge in [0.25, 0.3) is 0 Å². The molecule has 1 saturated heterocycles. The number of fused-ring (bicyclic) bond motifs is 1. The van der Waals surface area contributed by atoms with Crippen molar-refractivity contribution in [2.75, 3.05) is 13.1 Å². The first kappa shape index (κ1) is 19.2. The second-order valence-electron chi connectivity index (χ2n) is 7.77. The van der Waals surface area contributed by atoms with Crippen molar-refractivity contribution in [3.63, 3.8) is 0 Å². The number of amides is 1. The van der Waals surface area contributed by atoms with Crippen molar-refractivity contribution in [1.29, 1.82) is 0 Å². The van der Waals surface area contributed by atoms with Crippen molar-refractivity contribution in [2.24, 2.45) is 5.92 Å². The maximum absolute atomic E-state index is 12.2. The largest absolute Gasteiger partial charge is 0.465 e. The molecule has 1 aliphatic heterocycles. The number of piperidine rings is 1. The number of aryl methyl sites for hydroxylation is 2. The SMILES string of the molecule is Cc1ccc(CNC(=O)CC[C@H]2CCCN(Cc3c(C)nc4sccn34)C2)o1. The van der Waals surface area contributed by atoms with Crippen LogP contribution in [0.1, 0.15) is 48.6 Å². The lowest BCUT2D eigenvalue weighted by Gasteiger charge is -2.32. The number of thiazole rings is 1. The fourth-order valence-corrected chi connectivity index (χ4v) is 4.84. The van der Waals surface area contributed by atoms with Crippen molar-refractivity contribution < 1.29 is 9.21 Å². The number of likely N-dealkylation sites (tertiary alicyclic amines) is 1. The summed E-state index contributed by atoms with van der Waals surface area (Å²) in [6, 6.07) is 3.84. The van der Waals surface area contributed by atoms with Crippen LogP contribution in [-0.4, -0.2) is 33.3 Å². The third kappa shape index (κ3) is 4.47. The van der Waals surface area contributed by atoms with E-state index in [0.717, 1.165) is 48.2 Å². The highest BCUT2D eigenvalue weighted by Gasteiger charge is 2.22. The summed E-state index contributed by atoms with van der Waals surface area (Å²) in [7, 11) is 0. The Morgan fingerprint density at radius 1 is 1.39 bits per heavy atom. The number of nitrogens with one attached hydrogen (secondary N) is 1. The molecule has 4 rings (SSSR count). The highest BCUT2D eigenvalue weighted by molar-refractivity contribution is 7.15. The van der Waals surface area contributed by atoms with E-state index in [1.807, 2.05) is 19.1 Å². The van der Waals surface area contributed by atoms with Gasteiger partial charge < -0.3 is 9.73 Å². The highest BCUT2D eigenvalue weighted by Crippen LogP contribution is 2.24. The molecule has 0 unspecified atom stereocenters. The van der Waals surface area contributed by atoms with Gasteiger partial charge in [-0.15, -0.1) is 11.3 Å². The molecule has 1 atom stereocenters. The first-order valence-corrected chi connectivity index (χ1v) is 10.9. The van der Waals surface area contributed by atoms with Crippen LogP contribution in [0.3, 0.4) is 0 Å². The van der Waals surface area contributed by atoms with Crippen LogP contribution in [0.5, 0.6) is 0 Å². The van der Waals surface area contributed by atoms with E-state index in [0.29, 0.717) is 18.9 Å². The van der Waals surface area contributed by atoms with Gasteiger partial charge in [0, 0.05) is 31.1 Å². The van der Waals surface area contributed by atoms with Crippen molar-refractivity contribution in [2.45, 2.75) is 52.6 Å². The Balaban J connectivity index is 1.25. The molecule has 6 nitrogen and oxygen atoms in total. The fraction of sp³-hybridized carbons (Fsp3) is 0.524. The highest BCUT2D eigenvalue weighted by atomic mass is 32.1. The van der Waals surface area contributed by atoms with Crippen LogP contribution in [0.25, 0.3) is 4.96 Å². The van der Waals surface area contributed by atoms with Gasteiger partial charge in [-0.05, 0) is 57.7 Å². The Bertz CT molecular complexity index is 941. The summed E-state index contributed by atoms with van der Waals surface area (Å²) in [5.41, 5.74) is 2.42. The molecule has 0 aromatic carbocycles. The van der Waals surface area contributed by atoms with E-state index in [1.54, 1.807) is 11.3 Å². The molecule has 1 amide bonds. The second-order valence-corrected chi connectivity index (χ2v) is 8.64. The standard InChI is InChI=1S/C21H28N4O2S/c1-15-5-7-18(27-15)12-22-20(26)8-6-17-4-3-9-24(13-17)14-19-16(2)23-21-25(19)10-11-28-21/h5,7,10-11,17H,3-4,6,8-9,12-14H2,1-2H3,(H,22,26)/t17-/m1/s1. The van der Waals surface area contributed by atoms with Crippen molar-refractivity contribution in [3.8, 4) is 0 Å². The molecule has 0 spiro atoms.